The highest BCUT2D eigenvalue weighted by Gasteiger charge is 2.24. The average Bonchev–Trinajstić information content (AvgIpc) is 2.53. The van der Waals surface area contributed by atoms with Crippen molar-refractivity contribution in [2.24, 2.45) is 0 Å². The summed E-state index contributed by atoms with van der Waals surface area (Å²) in [6.45, 7) is 2.17. The van der Waals surface area contributed by atoms with E-state index in [1.165, 1.54) is 36.1 Å². The van der Waals surface area contributed by atoms with Gasteiger partial charge in [0.15, 0.2) is 0 Å². The van der Waals surface area contributed by atoms with E-state index in [0.29, 0.717) is 11.3 Å². The molecule has 0 aliphatic heterocycles. The fraction of sp³-hybridized carbons (Fsp3) is 0.636. The maximum Gasteiger partial charge on any atom is 0.0404 e. The molecule has 2 unspecified atom stereocenters. The van der Waals surface area contributed by atoms with Gasteiger partial charge in [0, 0.05) is 16.2 Å². The first-order valence-electron chi connectivity index (χ1n) is 4.96. The van der Waals surface area contributed by atoms with Gasteiger partial charge in [0.05, 0.1) is 0 Å². The van der Waals surface area contributed by atoms with Gasteiger partial charge in [0.2, 0.25) is 0 Å². The Morgan fingerprint density at radius 1 is 1.38 bits per heavy atom. The molecule has 1 aliphatic rings. The smallest absolute Gasteiger partial charge is 0.0404 e. The minimum Gasteiger partial charge on any atom is -0.149 e. The molecule has 1 fully saturated rings. The lowest BCUT2D eigenvalue weighted by atomic mass is 9.85. The Morgan fingerprint density at radius 3 is 2.77 bits per heavy atom. The van der Waals surface area contributed by atoms with E-state index in [0.717, 1.165) is 0 Å². The van der Waals surface area contributed by atoms with E-state index < -0.39 is 0 Å². The van der Waals surface area contributed by atoms with Crippen LogP contribution in [0.25, 0.3) is 0 Å². The van der Waals surface area contributed by atoms with Gasteiger partial charge in [0.1, 0.15) is 0 Å². The highest BCUT2D eigenvalue weighted by Crippen LogP contribution is 2.37. The van der Waals surface area contributed by atoms with Crippen molar-refractivity contribution in [3.05, 3.63) is 21.9 Å². The van der Waals surface area contributed by atoms with E-state index in [1.807, 2.05) is 11.3 Å². The molecule has 1 aromatic rings. The van der Waals surface area contributed by atoms with Gasteiger partial charge in [-0.3, -0.25) is 0 Å². The fourth-order valence-electron chi connectivity index (χ4n) is 2.12. The zero-order valence-electron chi connectivity index (χ0n) is 7.92. The van der Waals surface area contributed by atoms with E-state index >= 15 is 0 Å². The van der Waals surface area contributed by atoms with Gasteiger partial charge in [0.25, 0.3) is 0 Å². The molecule has 2 heteroatoms. The summed E-state index contributed by atoms with van der Waals surface area (Å²) in [5, 5.41) is 2.66. The normalized spacial score (nSPS) is 29.1. The molecule has 0 N–H and O–H groups in total. The highest BCUT2D eigenvalue weighted by molar-refractivity contribution is 7.10. The van der Waals surface area contributed by atoms with Crippen molar-refractivity contribution >= 4 is 22.9 Å². The lowest BCUT2D eigenvalue weighted by molar-refractivity contribution is 0.451. The van der Waals surface area contributed by atoms with E-state index in [9.17, 15) is 0 Å². The Kier molecular flexibility index (Phi) is 2.95. The standard InChI is InChI=1S/C11H15ClS/c1-8-6-9(7-13-8)10-4-2-3-5-11(10)12/h6-7,10-11H,2-5H2,1H3. The molecule has 0 aromatic carbocycles. The first kappa shape index (κ1) is 9.54. The van der Waals surface area contributed by atoms with Crippen molar-refractivity contribution in [2.75, 3.05) is 0 Å². The Labute approximate surface area is 88.9 Å². The first-order valence-corrected chi connectivity index (χ1v) is 6.28. The minimum atomic E-state index is 0.378. The predicted molar refractivity (Wildman–Crippen MR) is 59.9 cm³/mol. The summed E-state index contributed by atoms with van der Waals surface area (Å²) in [5.74, 6) is 0.625. The van der Waals surface area contributed by atoms with Gasteiger partial charge >= 0.3 is 0 Å². The van der Waals surface area contributed by atoms with E-state index in [1.54, 1.807) is 0 Å². The molecule has 1 heterocycles. The van der Waals surface area contributed by atoms with Crippen LogP contribution >= 0.6 is 22.9 Å². The van der Waals surface area contributed by atoms with Crippen LogP contribution in [0.4, 0.5) is 0 Å². The largest absolute Gasteiger partial charge is 0.149 e. The highest BCUT2D eigenvalue weighted by atomic mass is 35.5. The molecule has 0 amide bonds. The summed E-state index contributed by atoms with van der Waals surface area (Å²) in [6, 6.07) is 2.30. The summed E-state index contributed by atoms with van der Waals surface area (Å²) < 4.78 is 0. The molecule has 0 saturated heterocycles. The van der Waals surface area contributed by atoms with E-state index in [2.05, 4.69) is 18.4 Å². The van der Waals surface area contributed by atoms with E-state index in [-0.39, 0.29) is 0 Å². The fourth-order valence-corrected chi connectivity index (χ4v) is 3.31. The topological polar surface area (TPSA) is 0 Å². The third-order valence-electron chi connectivity index (χ3n) is 2.86. The Hall–Kier alpha value is -0.0100. The van der Waals surface area contributed by atoms with Crippen molar-refractivity contribution in [1.29, 1.82) is 0 Å². The van der Waals surface area contributed by atoms with Crippen LogP contribution in [0.1, 0.15) is 42.0 Å². The lowest BCUT2D eigenvalue weighted by Gasteiger charge is -2.26. The number of alkyl halides is 1. The van der Waals surface area contributed by atoms with Crippen molar-refractivity contribution in [3.8, 4) is 0 Å². The average molecular weight is 215 g/mol. The Morgan fingerprint density at radius 2 is 2.15 bits per heavy atom. The molecule has 0 spiro atoms. The second kappa shape index (κ2) is 4.02. The summed E-state index contributed by atoms with van der Waals surface area (Å²) in [6.07, 6.45) is 5.14. The van der Waals surface area contributed by atoms with Crippen LogP contribution in [-0.2, 0) is 0 Å². The molecule has 0 radical (unpaired) electrons. The molecule has 1 aliphatic carbocycles. The molecule has 2 rings (SSSR count). The van der Waals surface area contributed by atoms with Crippen molar-refractivity contribution < 1.29 is 0 Å². The van der Waals surface area contributed by atoms with Gasteiger partial charge in [-0.1, -0.05) is 12.8 Å². The van der Waals surface area contributed by atoms with Crippen LogP contribution < -0.4 is 0 Å². The summed E-state index contributed by atoms with van der Waals surface area (Å²) in [5.41, 5.74) is 1.47. The number of hydrogen-bond donors (Lipinski definition) is 0. The van der Waals surface area contributed by atoms with Gasteiger partial charge in [-0.2, -0.15) is 0 Å². The maximum absolute atomic E-state index is 6.33. The third kappa shape index (κ3) is 2.08. The first-order chi connectivity index (χ1) is 6.27. The maximum atomic E-state index is 6.33. The zero-order valence-corrected chi connectivity index (χ0v) is 9.50. The molecule has 1 saturated carbocycles. The third-order valence-corrected chi connectivity index (χ3v) is 4.26. The quantitative estimate of drug-likeness (QED) is 0.611. The molecular formula is C11H15ClS. The van der Waals surface area contributed by atoms with Crippen LogP contribution in [0, 0.1) is 6.92 Å². The molecule has 2 atom stereocenters. The van der Waals surface area contributed by atoms with Gasteiger partial charge in [-0.05, 0) is 36.8 Å². The summed E-state index contributed by atoms with van der Waals surface area (Å²) >= 11 is 8.17. The number of aryl methyl sites for hydroxylation is 1. The van der Waals surface area contributed by atoms with Crippen LogP contribution in [-0.4, -0.2) is 5.38 Å². The number of rotatable bonds is 1. The number of hydrogen-bond acceptors (Lipinski definition) is 1. The van der Waals surface area contributed by atoms with Crippen LogP contribution in [0.15, 0.2) is 11.4 Å². The van der Waals surface area contributed by atoms with Crippen molar-refractivity contribution in [2.45, 2.75) is 43.9 Å². The SMILES string of the molecule is Cc1cc(C2CCCCC2Cl)cs1. The van der Waals surface area contributed by atoms with E-state index in [4.69, 9.17) is 11.6 Å². The van der Waals surface area contributed by atoms with Gasteiger partial charge < -0.3 is 0 Å². The van der Waals surface area contributed by atoms with Crippen molar-refractivity contribution in [1.82, 2.24) is 0 Å². The molecule has 0 bridgehead atoms. The lowest BCUT2D eigenvalue weighted by Crippen LogP contribution is -2.16. The van der Waals surface area contributed by atoms with Crippen molar-refractivity contribution in [3.63, 3.8) is 0 Å². The summed E-state index contributed by atoms with van der Waals surface area (Å²) in [4.78, 5) is 1.41. The monoisotopic (exact) mass is 214 g/mol. The Bertz CT molecular complexity index is 279. The predicted octanol–water partition coefficient (Wildman–Crippen LogP) is 4.32. The summed E-state index contributed by atoms with van der Waals surface area (Å²) in [7, 11) is 0. The molecular weight excluding hydrogens is 200 g/mol. The minimum absolute atomic E-state index is 0.378. The molecule has 13 heavy (non-hydrogen) atoms. The second-order valence-corrected chi connectivity index (χ2v) is 5.57. The van der Waals surface area contributed by atoms with Gasteiger partial charge in [-0.25, -0.2) is 0 Å². The Balaban J connectivity index is 2.14. The van der Waals surface area contributed by atoms with Crippen LogP contribution in [0.3, 0.4) is 0 Å². The second-order valence-electron chi connectivity index (χ2n) is 3.90. The zero-order chi connectivity index (χ0) is 9.26. The molecule has 1 aromatic heterocycles. The number of halogens is 1. The number of thiophene rings is 1. The van der Waals surface area contributed by atoms with Crippen LogP contribution in [0.2, 0.25) is 0 Å². The molecule has 0 nitrogen and oxygen atoms in total. The van der Waals surface area contributed by atoms with Gasteiger partial charge in [-0.15, -0.1) is 22.9 Å². The molecule has 72 valence electrons. The van der Waals surface area contributed by atoms with Crippen LogP contribution in [0.5, 0.6) is 0 Å².